The molecule has 0 saturated carbocycles. The van der Waals surface area contributed by atoms with Gasteiger partial charge in [-0.15, -0.1) is 0 Å². The highest BCUT2D eigenvalue weighted by atomic mass is 19.2. The zero-order chi connectivity index (χ0) is 16.4. The highest BCUT2D eigenvalue weighted by molar-refractivity contribution is 5.88. The first kappa shape index (κ1) is 15.2. The Bertz CT molecular complexity index is 764. The molecular formula is C16H13F2NO4. The van der Waals surface area contributed by atoms with Crippen LogP contribution in [0.2, 0.25) is 0 Å². The van der Waals surface area contributed by atoms with E-state index in [1.807, 2.05) is 0 Å². The number of ether oxygens (including phenoxy) is 3. The molecule has 1 aromatic heterocycles. The average molecular weight is 321 g/mol. The molecule has 0 spiro atoms. The number of carbonyl (C=O) groups excluding carboxylic acids is 1. The number of hydrogen-bond acceptors (Lipinski definition) is 5. The number of methoxy groups -OCH3 is 1. The fourth-order valence-electron chi connectivity index (χ4n) is 2.33. The second-order valence-corrected chi connectivity index (χ2v) is 4.88. The molecule has 0 bridgehead atoms. The van der Waals surface area contributed by atoms with Gasteiger partial charge < -0.3 is 14.2 Å². The van der Waals surface area contributed by atoms with E-state index in [2.05, 4.69) is 9.72 Å². The minimum Gasteiger partial charge on any atom is -0.484 e. The number of benzene rings is 1. The Morgan fingerprint density at radius 1 is 1.26 bits per heavy atom. The molecule has 0 atom stereocenters. The van der Waals surface area contributed by atoms with Gasteiger partial charge in [-0.05, 0) is 17.7 Å². The van der Waals surface area contributed by atoms with Crippen LogP contribution in [0.1, 0.15) is 21.6 Å². The lowest BCUT2D eigenvalue weighted by Crippen LogP contribution is -2.19. The summed E-state index contributed by atoms with van der Waals surface area (Å²) in [6.07, 6.45) is 0.0296. The van der Waals surface area contributed by atoms with E-state index in [4.69, 9.17) is 9.47 Å². The fraction of sp³-hybridized carbons (Fsp3) is 0.250. The van der Waals surface area contributed by atoms with Crippen LogP contribution in [0.25, 0.3) is 0 Å². The normalized spacial score (nSPS) is 12.8. The molecule has 5 nitrogen and oxygen atoms in total. The molecule has 3 rings (SSSR count). The molecule has 0 aliphatic carbocycles. The number of carbonyl (C=O) groups is 1. The van der Waals surface area contributed by atoms with Crippen LogP contribution in [0.15, 0.2) is 24.3 Å². The van der Waals surface area contributed by atoms with Gasteiger partial charge in [-0.25, -0.2) is 18.6 Å². The maximum absolute atomic E-state index is 13.9. The van der Waals surface area contributed by atoms with E-state index in [-0.39, 0.29) is 23.6 Å². The van der Waals surface area contributed by atoms with Crippen LogP contribution < -0.4 is 9.47 Å². The zero-order valence-corrected chi connectivity index (χ0v) is 12.3. The molecular weight excluding hydrogens is 308 g/mol. The van der Waals surface area contributed by atoms with Gasteiger partial charge in [0.05, 0.1) is 7.11 Å². The summed E-state index contributed by atoms with van der Waals surface area (Å²) in [6, 6.07) is 5.36. The van der Waals surface area contributed by atoms with E-state index in [9.17, 15) is 13.6 Å². The smallest absolute Gasteiger partial charge is 0.356 e. The van der Waals surface area contributed by atoms with Crippen LogP contribution in [-0.4, -0.2) is 31.3 Å². The summed E-state index contributed by atoms with van der Waals surface area (Å²) in [4.78, 5) is 15.7. The lowest BCUT2D eigenvalue weighted by Gasteiger charge is -2.21. The van der Waals surface area contributed by atoms with Gasteiger partial charge in [-0.3, -0.25) is 0 Å². The van der Waals surface area contributed by atoms with Crippen molar-refractivity contribution in [1.82, 2.24) is 4.98 Å². The molecule has 0 amide bonds. The van der Waals surface area contributed by atoms with Crippen molar-refractivity contribution in [2.45, 2.75) is 6.42 Å². The van der Waals surface area contributed by atoms with E-state index < -0.39 is 17.6 Å². The van der Waals surface area contributed by atoms with Gasteiger partial charge in [0.25, 0.3) is 5.88 Å². The lowest BCUT2D eigenvalue weighted by molar-refractivity contribution is 0.0591. The number of hydrogen-bond donors (Lipinski definition) is 0. The number of halogens is 2. The van der Waals surface area contributed by atoms with Crippen LogP contribution in [0, 0.1) is 11.6 Å². The van der Waals surface area contributed by atoms with E-state index in [0.717, 1.165) is 6.07 Å². The molecule has 2 aromatic rings. The lowest BCUT2D eigenvalue weighted by atomic mass is 10.0. The maximum Gasteiger partial charge on any atom is 0.356 e. The SMILES string of the molecule is COC(=O)c1cc(Cc2cccc(F)c2F)c2c(n1)OCCO2. The molecule has 2 heterocycles. The third-order valence-corrected chi connectivity index (χ3v) is 3.39. The fourth-order valence-corrected chi connectivity index (χ4v) is 2.33. The van der Waals surface area contributed by atoms with E-state index in [1.54, 1.807) is 0 Å². The summed E-state index contributed by atoms with van der Waals surface area (Å²) in [5.74, 6) is -2.05. The van der Waals surface area contributed by atoms with Gasteiger partial charge in [0.2, 0.25) is 0 Å². The first-order valence-electron chi connectivity index (χ1n) is 6.91. The number of esters is 1. The Hall–Kier alpha value is -2.70. The van der Waals surface area contributed by atoms with Gasteiger partial charge in [-0.1, -0.05) is 12.1 Å². The summed E-state index contributed by atoms with van der Waals surface area (Å²) < 4.78 is 42.8. The second kappa shape index (κ2) is 6.20. The van der Waals surface area contributed by atoms with E-state index in [0.29, 0.717) is 24.5 Å². The van der Waals surface area contributed by atoms with Crippen molar-refractivity contribution in [2.24, 2.45) is 0 Å². The van der Waals surface area contributed by atoms with Crippen LogP contribution in [0.4, 0.5) is 8.78 Å². The summed E-state index contributed by atoms with van der Waals surface area (Å²) in [5, 5.41) is 0. The van der Waals surface area contributed by atoms with Crippen molar-refractivity contribution < 1.29 is 27.8 Å². The number of aromatic nitrogens is 1. The third-order valence-electron chi connectivity index (χ3n) is 3.39. The van der Waals surface area contributed by atoms with Crippen LogP contribution in [0.3, 0.4) is 0 Å². The summed E-state index contributed by atoms with van der Waals surface area (Å²) in [7, 11) is 1.23. The Labute approximate surface area is 130 Å². The van der Waals surface area contributed by atoms with Crippen molar-refractivity contribution >= 4 is 5.97 Å². The minimum absolute atomic E-state index is 0.0172. The highest BCUT2D eigenvalue weighted by Gasteiger charge is 2.23. The average Bonchev–Trinajstić information content (AvgIpc) is 2.58. The van der Waals surface area contributed by atoms with Crippen molar-refractivity contribution in [3.05, 3.63) is 52.7 Å². The first-order chi connectivity index (χ1) is 11.1. The van der Waals surface area contributed by atoms with Gasteiger partial charge in [-0.2, -0.15) is 0 Å². The van der Waals surface area contributed by atoms with Crippen molar-refractivity contribution in [3.63, 3.8) is 0 Å². The molecule has 120 valence electrons. The number of nitrogens with zero attached hydrogens (tertiary/aromatic N) is 1. The Morgan fingerprint density at radius 2 is 2.04 bits per heavy atom. The van der Waals surface area contributed by atoms with Crippen LogP contribution >= 0.6 is 0 Å². The predicted molar refractivity (Wildman–Crippen MR) is 75.7 cm³/mol. The van der Waals surface area contributed by atoms with Gasteiger partial charge >= 0.3 is 5.97 Å². The largest absolute Gasteiger partial charge is 0.484 e. The quantitative estimate of drug-likeness (QED) is 0.813. The topological polar surface area (TPSA) is 57.7 Å². The molecule has 23 heavy (non-hydrogen) atoms. The second-order valence-electron chi connectivity index (χ2n) is 4.88. The Kier molecular flexibility index (Phi) is 4.10. The third kappa shape index (κ3) is 2.94. The summed E-state index contributed by atoms with van der Waals surface area (Å²) >= 11 is 0. The number of fused-ring (bicyclic) bond motifs is 1. The number of rotatable bonds is 3. The van der Waals surface area contributed by atoms with Crippen LogP contribution in [-0.2, 0) is 11.2 Å². The van der Waals surface area contributed by atoms with Gasteiger partial charge in [0.1, 0.15) is 13.2 Å². The highest BCUT2D eigenvalue weighted by Crippen LogP contribution is 2.34. The monoisotopic (exact) mass is 321 g/mol. The van der Waals surface area contributed by atoms with Crippen molar-refractivity contribution in [1.29, 1.82) is 0 Å². The van der Waals surface area contributed by atoms with E-state index in [1.165, 1.54) is 25.3 Å². The zero-order valence-electron chi connectivity index (χ0n) is 12.3. The molecule has 0 N–H and O–H groups in total. The summed E-state index contributed by atoms with van der Waals surface area (Å²) in [6.45, 7) is 0.600. The predicted octanol–water partition coefficient (Wildman–Crippen LogP) is 2.51. The van der Waals surface area contributed by atoms with Crippen molar-refractivity contribution in [2.75, 3.05) is 20.3 Å². The number of pyridine rings is 1. The van der Waals surface area contributed by atoms with Gasteiger partial charge in [0.15, 0.2) is 23.1 Å². The van der Waals surface area contributed by atoms with E-state index >= 15 is 0 Å². The Balaban J connectivity index is 2.06. The molecule has 0 fully saturated rings. The standard InChI is InChI=1S/C16H13F2NO4/c1-21-16(20)12-8-10(14-15(19-12)23-6-5-22-14)7-9-3-2-4-11(17)13(9)18/h2-4,8H,5-7H2,1H3. The molecule has 0 saturated heterocycles. The van der Waals surface area contributed by atoms with Crippen LogP contribution in [0.5, 0.6) is 11.6 Å². The molecule has 1 aliphatic heterocycles. The molecule has 7 heteroatoms. The molecule has 0 unspecified atom stereocenters. The summed E-state index contributed by atoms with van der Waals surface area (Å²) in [5.41, 5.74) is 0.631. The van der Waals surface area contributed by atoms with Crippen molar-refractivity contribution in [3.8, 4) is 11.6 Å². The molecule has 1 aliphatic rings. The Morgan fingerprint density at radius 3 is 2.83 bits per heavy atom. The maximum atomic E-state index is 13.9. The molecule has 1 aromatic carbocycles. The minimum atomic E-state index is -0.936. The van der Waals surface area contributed by atoms with Gasteiger partial charge in [0, 0.05) is 12.0 Å². The molecule has 0 radical (unpaired) electrons. The first-order valence-corrected chi connectivity index (χ1v) is 6.91.